The van der Waals surface area contributed by atoms with Gasteiger partial charge in [0.15, 0.2) is 11.6 Å². The molecule has 3 atom stereocenters. The first-order valence-electron chi connectivity index (χ1n) is 7.29. The van der Waals surface area contributed by atoms with Gasteiger partial charge in [-0.15, -0.1) is 0 Å². The molecule has 0 amide bonds. The van der Waals surface area contributed by atoms with Crippen LogP contribution in [0, 0.1) is 11.8 Å². The van der Waals surface area contributed by atoms with Gasteiger partial charge >= 0.3 is 0 Å². The first-order chi connectivity index (χ1) is 9.56. The van der Waals surface area contributed by atoms with E-state index in [-0.39, 0.29) is 6.10 Å². The Morgan fingerprint density at radius 1 is 1.50 bits per heavy atom. The van der Waals surface area contributed by atoms with Gasteiger partial charge in [0, 0.05) is 31.3 Å². The third-order valence-electron chi connectivity index (χ3n) is 4.50. The molecule has 5 heteroatoms. The molecule has 0 radical (unpaired) electrons. The fraction of sp³-hybridized carbons (Fsp3) is 0.667. The molecule has 4 nitrogen and oxygen atoms in total. The molecule has 1 saturated heterocycles. The van der Waals surface area contributed by atoms with Crippen molar-refractivity contribution in [3.8, 4) is 5.75 Å². The van der Waals surface area contributed by atoms with Crippen LogP contribution in [0.3, 0.4) is 0 Å². The lowest BCUT2D eigenvalue weighted by molar-refractivity contribution is 0.0527. The van der Waals surface area contributed by atoms with Crippen LogP contribution in [0.2, 0.25) is 5.02 Å². The minimum Gasteiger partial charge on any atom is -0.490 e. The van der Waals surface area contributed by atoms with Crippen molar-refractivity contribution in [1.29, 1.82) is 0 Å². The van der Waals surface area contributed by atoms with Gasteiger partial charge in [-0.2, -0.15) is 0 Å². The monoisotopic (exact) mass is 296 g/mol. The molecule has 110 valence electrons. The van der Waals surface area contributed by atoms with Gasteiger partial charge in [-0.05, 0) is 18.3 Å². The average molecular weight is 297 g/mol. The highest BCUT2D eigenvalue weighted by molar-refractivity contribution is 6.30. The van der Waals surface area contributed by atoms with Crippen LogP contribution in [0.5, 0.6) is 5.75 Å². The summed E-state index contributed by atoms with van der Waals surface area (Å²) < 4.78 is 5.78. The summed E-state index contributed by atoms with van der Waals surface area (Å²) in [5.74, 6) is 2.40. The number of aromatic nitrogens is 1. The fourth-order valence-corrected chi connectivity index (χ4v) is 3.52. The number of aliphatic hydroxyl groups is 1. The summed E-state index contributed by atoms with van der Waals surface area (Å²) in [6.07, 6.45) is 3.29. The van der Waals surface area contributed by atoms with Gasteiger partial charge < -0.3 is 14.7 Å². The van der Waals surface area contributed by atoms with E-state index in [2.05, 4.69) is 23.7 Å². The summed E-state index contributed by atoms with van der Waals surface area (Å²) in [5, 5.41) is 11.0. The topological polar surface area (TPSA) is 45.6 Å². The minimum atomic E-state index is -0.310. The normalized spacial score (nSPS) is 29.4. The van der Waals surface area contributed by atoms with Crippen LogP contribution in [0.1, 0.15) is 26.7 Å². The summed E-state index contributed by atoms with van der Waals surface area (Å²) in [7, 11) is 0. The van der Waals surface area contributed by atoms with Crippen molar-refractivity contribution in [2.45, 2.75) is 38.8 Å². The van der Waals surface area contributed by atoms with E-state index >= 15 is 0 Å². The van der Waals surface area contributed by atoms with E-state index in [4.69, 9.17) is 16.3 Å². The Hall–Kier alpha value is -1.00. The predicted octanol–water partition coefficient (Wildman–Crippen LogP) is 2.73. The molecule has 1 aromatic heterocycles. The lowest BCUT2D eigenvalue weighted by atomic mass is 9.80. The number of fused-ring (bicyclic) bond motifs is 3. The van der Waals surface area contributed by atoms with Gasteiger partial charge in [0.25, 0.3) is 0 Å². The van der Waals surface area contributed by atoms with E-state index in [1.165, 1.54) is 0 Å². The van der Waals surface area contributed by atoms with E-state index in [1.807, 2.05) is 6.07 Å². The van der Waals surface area contributed by atoms with Crippen molar-refractivity contribution in [3.05, 3.63) is 17.3 Å². The number of nitrogens with zero attached hydrogens (tertiary/aromatic N) is 2. The van der Waals surface area contributed by atoms with Crippen LogP contribution in [0.15, 0.2) is 12.3 Å². The Bertz CT molecular complexity index is 495. The molecule has 3 heterocycles. The van der Waals surface area contributed by atoms with Crippen LogP contribution in [0.25, 0.3) is 0 Å². The average Bonchev–Trinajstić information content (AvgIpc) is 2.56. The molecule has 2 aliphatic heterocycles. The number of ether oxygens (including phenoxy) is 1. The number of hydrogen-bond acceptors (Lipinski definition) is 4. The third-order valence-corrected chi connectivity index (χ3v) is 4.71. The Morgan fingerprint density at radius 2 is 2.30 bits per heavy atom. The highest BCUT2D eigenvalue weighted by Gasteiger charge is 2.38. The zero-order valence-electron chi connectivity index (χ0n) is 11.9. The van der Waals surface area contributed by atoms with Crippen LogP contribution in [-0.2, 0) is 0 Å². The number of halogens is 1. The Morgan fingerprint density at radius 3 is 3.05 bits per heavy atom. The van der Waals surface area contributed by atoms with E-state index in [9.17, 15) is 5.11 Å². The quantitative estimate of drug-likeness (QED) is 0.865. The fourth-order valence-electron chi connectivity index (χ4n) is 3.37. The van der Waals surface area contributed by atoms with Gasteiger partial charge in [0.2, 0.25) is 0 Å². The molecule has 0 spiro atoms. The van der Waals surface area contributed by atoms with Crippen molar-refractivity contribution < 1.29 is 9.84 Å². The van der Waals surface area contributed by atoms with Crippen molar-refractivity contribution in [2.75, 3.05) is 18.1 Å². The summed E-state index contributed by atoms with van der Waals surface area (Å²) in [6, 6.07) is 2.20. The number of pyridine rings is 1. The van der Waals surface area contributed by atoms with Crippen molar-refractivity contribution in [1.82, 2.24) is 4.98 Å². The van der Waals surface area contributed by atoms with Gasteiger partial charge in [-0.1, -0.05) is 25.4 Å². The maximum Gasteiger partial charge on any atom is 0.171 e. The van der Waals surface area contributed by atoms with E-state index in [1.54, 1.807) is 6.20 Å². The van der Waals surface area contributed by atoms with Crippen LogP contribution in [-0.4, -0.2) is 35.4 Å². The molecular formula is C15H21ClN2O2. The number of aliphatic hydroxyl groups excluding tert-OH is 1. The molecule has 1 aromatic rings. The van der Waals surface area contributed by atoms with Crippen LogP contribution in [0.4, 0.5) is 5.82 Å². The summed E-state index contributed by atoms with van der Waals surface area (Å²) >= 11 is 5.99. The lowest BCUT2D eigenvalue weighted by Gasteiger charge is -2.43. The molecule has 2 aliphatic rings. The zero-order chi connectivity index (χ0) is 14.3. The van der Waals surface area contributed by atoms with Gasteiger partial charge in [-0.3, -0.25) is 0 Å². The van der Waals surface area contributed by atoms with E-state index in [0.29, 0.717) is 36.1 Å². The van der Waals surface area contributed by atoms with E-state index in [0.717, 1.165) is 24.4 Å². The number of rotatable bonds is 1. The molecular weight excluding hydrogens is 276 g/mol. The second-order valence-corrected chi connectivity index (χ2v) is 6.57. The van der Waals surface area contributed by atoms with Crippen molar-refractivity contribution >= 4 is 17.4 Å². The number of hydrogen-bond donors (Lipinski definition) is 1. The zero-order valence-corrected chi connectivity index (χ0v) is 12.7. The highest BCUT2D eigenvalue weighted by atomic mass is 35.5. The van der Waals surface area contributed by atoms with E-state index < -0.39 is 0 Å². The standard InChI is InChI=1S/C15H21ClN2O2/c1-9(2)12-6-11-3-4-20-14-5-10(16)7-17-15(14)18(11)8-13(12)19/h5,7,9,11-13,19H,3-4,6,8H2,1-2H3. The maximum atomic E-state index is 10.4. The summed E-state index contributed by atoms with van der Waals surface area (Å²) in [4.78, 5) is 6.62. The predicted molar refractivity (Wildman–Crippen MR) is 79.4 cm³/mol. The molecule has 0 aromatic carbocycles. The molecule has 0 aliphatic carbocycles. The van der Waals surface area contributed by atoms with Gasteiger partial charge in [-0.25, -0.2) is 4.98 Å². The second-order valence-electron chi connectivity index (χ2n) is 6.13. The second kappa shape index (κ2) is 5.41. The number of piperidine rings is 1. The molecule has 0 saturated carbocycles. The lowest BCUT2D eigenvalue weighted by Crippen LogP contribution is -2.51. The summed E-state index contributed by atoms with van der Waals surface area (Å²) in [6.45, 7) is 5.67. The van der Waals surface area contributed by atoms with Crippen molar-refractivity contribution in [2.24, 2.45) is 11.8 Å². The molecule has 0 bridgehead atoms. The molecule has 1 fully saturated rings. The molecule has 20 heavy (non-hydrogen) atoms. The maximum absolute atomic E-state index is 10.4. The largest absolute Gasteiger partial charge is 0.490 e. The van der Waals surface area contributed by atoms with Crippen LogP contribution < -0.4 is 9.64 Å². The number of anilines is 1. The van der Waals surface area contributed by atoms with Gasteiger partial charge in [0.1, 0.15) is 0 Å². The molecule has 3 rings (SSSR count). The van der Waals surface area contributed by atoms with Crippen LogP contribution >= 0.6 is 11.6 Å². The SMILES string of the molecule is CC(C)C1CC2CCOc3cc(Cl)cnc3N2CC1O. The first kappa shape index (κ1) is 14.0. The summed E-state index contributed by atoms with van der Waals surface area (Å²) in [5.41, 5.74) is 0. The minimum absolute atomic E-state index is 0.310. The highest BCUT2D eigenvalue weighted by Crippen LogP contribution is 2.39. The third kappa shape index (κ3) is 2.47. The first-order valence-corrected chi connectivity index (χ1v) is 7.67. The Balaban J connectivity index is 1.92. The smallest absolute Gasteiger partial charge is 0.171 e. The Kier molecular flexibility index (Phi) is 3.78. The molecule has 3 unspecified atom stereocenters. The van der Waals surface area contributed by atoms with Crippen molar-refractivity contribution in [3.63, 3.8) is 0 Å². The molecule has 1 N–H and O–H groups in total. The van der Waals surface area contributed by atoms with Gasteiger partial charge in [0.05, 0.1) is 17.7 Å². The Labute approximate surface area is 124 Å².